The Kier molecular flexibility index (Phi) is 3.57. The molecule has 0 aliphatic heterocycles. The van der Waals surface area contributed by atoms with E-state index in [-0.39, 0.29) is 5.56 Å². The first kappa shape index (κ1) is 13.9. The predicted octanol–water partition coefficient (Wildman–Crippen LogP) is 2.74. The first-order chi connectivity index (χ1) is 10.1. The van der Waals surface area contributed by atoms with Crippen molar-refractivity contribution in [2.45, 2.75) is 39.2 Å². The number of hydrogen-bond acceptors (Lipinski definition) is 4. The molecule has 0 amide bonds. The molecule has 0 radical (unpaired) electrons. The van der Waals surface area contributed by atoms with E-state index in [0.717, 1.165) is 12.3 Å². The lowest BCUT2D eigenvalue weighted by molar-refractivity contribution is 0.391. The van der Waals surface area contributed by atoms with Crippen molar-refractivity contribution in [1.82, 2.24) is 9.97 Å². The van der Waals surface area contributed by atoms with Crippen LogP contribution < -0.4 is 16.6 Å². The number of hydrogen-bond donors (Lipinski definition) is 3. The summed E-state index contributed by atoms with van der Waals surface area (Å²) in [6.45, 7) is 4.52. The quantitative estimate of drug-likeness (QED) is 0.757. The van der Waals surface area contributed by atoms with Crippen molar-refractivity contribution < 1.29 is 0 Å². The highest BCUT2D eigenvalue weighted by Gasteiger charge is 2.31. The van der Waals surface area contributed by atoms with E-state index in [1.54, 1.807) is 18.2 Å². The lowest BCUT2D eigenvalue weighted by Crippen LogP contribution is -2.27. The molecule has 1 aliphatic carbocycles. The molecule has 1 fully saturated rings. The van der Waals surface area contributed by atoms with Crippen LogP contribution in [-0.4, -0.2) is 16.0 Å². The Balaban J connectivity index is 1.88. The molecule has 4 N–H and O–H groups in total. The first-order valence-electron chi connectivity index (χ1n) is 7.64. The smallest absolute Gasteiger partial charge is 0.260 e. The zero-order valence-electron chi connectivity index (χ0n) is 12.5. The Morgan fingerprint density at radius 2 is 2.24 bits per heavy atom. The number of nitrogen functional groups attached to an aromatic ring is 1. The van der Waals surface area contributed by atoms with Gasteiger partial charge in [-0.3, -0.25) is 9.78 Å². The molecule has 2 aromatic rings. The maximum absolute atomic E-state index is 12.1. The van der Waals surface area contributed by atoms with E-state index in [0.29, 0.717) is 34.5 Å². The highest BCUT2D eigenvalue weighted by atomic mass is 16.1. The van der Waals surface area contributed by atoms with E-state index < -0.39 is 0 Å². The minimum atomic E-state index is -0.146. The second-order valence-electron chi connectivity index (χ2n) is 6.05. The van der Waals surface area contributed by atoms with Crippen LogP contribution in [-0.2, 0) is 0 Å². The number of benzene rings is 1. The molecule has 5 nitrogen and oxygen atoms in total. The first-order valence-corrected chi connectivity index (χ1v) is 7.64. The number of nitrogens with zero attached hydrogens (tertiary/aromatic N) is 1. The van der Waals surface area contributed by atoms with E-state index in [9.17, 15) is 4.79 Å². The van der Waals surface area contributed by atoms with E-state index in [1.165, 1.54) is 12.8 Å². The molecule has 1 saturated carbocycles. The van der Waals surface area contributed by atoms with E-state index >= 15 is 0 Å². The van der Waals surface area contributed by atoms with Crippen LogP contribution in [0.25, 0.3) is 10.9 Å². The van der Waals surface area contributed by atoms with E-state index in [2.05, 4.69) is 29.1 Å². The molecule has 0 saturated heterocycles. The van der Waals surface area contributed by atoms with Gasteiger partial charge in [0.2, 0.25) is 5.95 Å². The van der Waals surface area contributed by atoms with Crippen molar-refractivity contribution >= 4 is 22.5 Å². The number of rotatable bonds is 3. The molecular weight excluding hydrogens is 264 g/mol. The second kappa shape index (κ2) is 5.39. The second-order valence-corrected chi connectivity index (χ2v) is 6.05. The fourth-order valence-electron chi connectivity index (χ4n) is 3.43. The summed E-state index contributed by atoms with van der Waals surface area (Å²) in [7, 11) is 0. The lowest BCUT2D eigenvalue weighted by Gasteiger charge is -2.21. The van der Waals surface area contributed by atoms with Gasteiger partial charge in [-0.05, 0) is 42.9 Å². The third-order valence-electron chi connectivity index (χ3n) is 4.80. The third kappa shape index (κ3) is 2.60. The minimum Gasteiger partial charge on any atom is -0.399 e. The summed E-state index contributed by atoms with van der Waals surface area (Å²) in [4.78, 5) is 19.5. The molecule has 0 spiro atoms. The van der Waals surface area contributed by atoms with Gasteiger partial charge in [0.25, 0.3) is 5.56 Å². The maximum atomic E-state index is 12.1. The van der Waals surface area contributed by atoms with Crippen LogP contribution in [0.3, 0.4) is 0 Å². The van der Waals surface area contributed by atoms with Crippen LogP contribution in [0.5, 0.6) is 0 Å². The van der Waals surface area contributed by atoms with Gasteiger partial charge in [0, 0.05) is 11.7 Å². The summed E-state index contributed by atoms with van der Waals surface area (Å²) in [5.41, 5.74) is 6.82. The van der Waals surface area contributed by atoms with Gasteiger partial charge in [0.05, 0.1) is 10.9 Å². The van der Waals surface area contributed by atoms with Crippen LogP contribution in [0.1, 0.15) is 33.1 Å². The molecule has 5 heteroatoms. The number of anilines is 2. The third-order valence-corrected chi connectivity index (χ3v) is 4.80. The molecule has 0 bridgehead atoms. The monoisotopic (exact) mass is 286 g/mol. The van der Waals surface area contributed by atoms with Crippen molar-refractivity contribution in [3.8, 4) is 0 Å². The largest absolute Gasteiger partial charge is 0.399 e. The Morgan fingerprint density at radius 3 is 2.95 bits per heavy atom. The number of fused-ring (bicyclic) bond motifs is 1. The SMILES string of the molecule is CCC1CCC(Nc2nc3ccc(N)cc3c(=O)[nH]2)C1C. The minimum absolute atomic E-state index is 0.146. The Labute approximate surface area is 124 Å². The molecule has 3 atom stereocenters. The van der Waals surface area contributed by atoms with Crippen molar-refractivity contribution in [2.75, 3.05) is 11.1 Å². The van der Waals surface area contributed by atoms with Gasteiger partial charge in [0.1, 0.15) is 0 Å². The molecule has 1 aromatic carbocycles. The van der Waals surface area contributed by atoms with E-state index in [4.69, 9.17) is 5.73 Å². The van der Waals surface area contributed by atoms with Crippen molar-refractivity contribution in [1.29, 1.82) is 0 Å². The number of H-pyrrole nitrogens is 1. The molecule has 112 valence electrons. The summed E-state index contributed by atoms with van der Waals surface area (Å²) >= 11 is 0. The van der Waals surface area contributed by atoms with Gasteiger partial charge >= 0.3 is 0 Å². The summed E-state index contributed by atoms with van der Waals surface area (Å²) in [5.74, 6) is 1.92. The van der Waals surface area contributed by atoms with Gasteiger partial charge in [-0.1, -0.05) is 20.3 Å². The standard InChI is InChI=1S/C16H22N4O/c1-3-10-4-6-13(9(10)2)18-16-19-14-7-5-11(17)8-12(14)15(21)20-16/h5,7-10,13H,3-4,6,17H2,1-2H3,(H2,18,19,20,21). The molecular formula is C16H22N4O. The van der Waals surface area contributed by atoms with Gasteiger partial charge < -0.3 is 11.1 Å². The van der Waals surface area contributed by atoms with Gasteiger partial charge in [-0.15, -0.1) is 0 Å². The normalized spacial score (nSPS) is 25.3. The molecule has 1 aromatic heterocycles. The van der Waals surface area contributed by atoms with Crippen molar-refractivity contribution in [3.63, 3.8) is 0 Å². The fraction of sp³-hybridized carbons (Fsp3) is 0.500. The van der Waals surface area contributed by atoms with Crippen molar-refractivity contribution in [3.05, 3.63) is 28.6 Å². The van der Waals surface area contributed by atoms with Crippen LogP contribution in [0.4, 0.5) is 11.6 Å². The van der Waals surface area contributed by atoms with Crippen LogP contribution in [0.15, 0.2) is 23.0 Å². The Bertz CT molecular complexity index is 709. The summed E-state index contributed by atoms with van der Waals surface area (Å²) in [6, 6.07) is 5.60. The molecule has 1 aliphatic rings. The van der Waals surface area contributed by atoms with E-state index in [1.807, 2.05) is 0 Å². The summed E-state index contributed by atoms with van der Waals surface area (Å²) in [5, 5.41) is 3.94. The number of nitrogens with one attached hydrogen (secondary N) is 2. The maximum Gasteiger partial charge on any atom is 0.260 e. The van der Waals surface area contributed by atoms with Gasteiger partial charge in [-0.25, -0.2) is 4.98 Å². The van der Waals surface area contributed by atoms with Crippen LogP contribution >= 0.6 is 0 Å². The van der Waals surface area contributed by atoms with Gasteiger partial charge in [-0.2, -0.15) is 0 Å². The summed E-state index contributed by atoms with van der Waals surface area (Å²) in [6.07, 6.45) is 3.58. The Morgan fingerprint density at radius 1 is 1.43 bits per heavy atom. The average molecular weight is 286 g/mol. The highest BCUT2D eigenvalue weighted by molar-refractivity contribution is 5.81. The molecule has 21 heavy (non-hydrogen) atoms. The van der Waals surface area contributed by atoms with Crippen LogP contribution in [0, 0.1) is 11.8 Å². The molecule has 1 heterocycles. The van der Waals surface area contributed by atoms with Gasteiger partial charge in [0.15, 0.2) is 0 Å². The Hall–Kier alpha value is -2.04. The van der Waals surface area contributed by atoms with Crippen molar-refractivity contribution in [2.24, 2.45) is 11.8 Å². The fourth-order valence-corrected chi connectivity index (χ4v) is 3.43. The number of nitrogens with two attached hydrogens (primary N) is 1. The molecule has 3 rings (SSSR count). The average Bonchev–Trinajstić information content (AvgIpc) is 2.80. The van der Waals surface area contributed by atoms with Crippen LogP contribution in [0.2, 0.25) is 0 Å². The topological polar surface area (TPSA) is 83.8 Å². The highest BCUT2D eigenvalue weighted by Crippen LogP contribution is 2.35. The number of aromatic nitrogens is 2. The number of aromatic amines is 1. The zero-order chi connectivity index (χ0) is 15.0. The zero-order valence-corrected chi connectivity index (χ0v) is 12.5. The lowest BCUT2D eigenvalue weighted by atomic mass is 9.94. The summed E-state index contributed by atoms with van der Waals surface area (Å²) < 4.78 is 0. The predicted molar refractivity (Wildman–Crippen MR) is 86.4 cm³/mol. The molecule has 3 unspecified atom stereocenters.